The lowest BCUT2D eigenvalue weighted by Gasteiger charge is -2.29. The highest BCUT2D eigenvalue weighted by Crippen LogP contribution is 2.33. The van der Waals surface area contributed by atoms with E-state index in [-0.39, 0.29) is 23.9 Å². The Hall–Kier alpha value is -2.32. The molecule has 1 N–H and O–H groups in total. The number of fused-ring (bicyclic) bond motifs is 1. The standard InChI is InChI=1S/C19H18F2N2O3S/c20-16-6-5-14(11-17(16)21)27(25,26)23-10-9-19(12-23)8-7-13-3-1-2-4-15(13)18(24)22-19/h1-6,11H,7-10,12H2,(H,22,24). The summed E-state index contributed by atoms with van der Waals surface area (Å²) in [5.41, 5.74) is 0.881. The molecule has 0 aliphatic carbocycles. The number of amides is 1. The molecule has 1 unspecified atom stereocenters. The number of rotatable bonds is 2. The Balaban J connectivity index is 1.60. The third kappa shape index (κ3) is 3.12. The van der Waals surface area contributed by atoms with Gasteiger partial charge < -0.3 is 5.32 Å². The molecule has 2 aromatic rings. The molecule has 8 heteroatoms. The summed E-state index contributed by atoms with van der Waals surface area (Å²) in [6.07, 6.45) is 1.74. The maximum absolute atomic E-state index is 13.5. The number of carbonyl (C=O) groups excluding carboxylic acids is 1. The third-order valence-electron chi connectivity index (χ3n) is 5.36. The zero-order valence-corrected chi connectivity index (χ0v) is 15.2. The molecule has 2 aliphatic rings. The van der Waals surface area contributed by atoms with Gasteiger partial charge in [0.25, 0.3) is 5.91 Å². The van der Waals surface area contributed by atoms with E-state index in [2.05, 4.69) is 5.32 Å². The fourth-order valence-electron chi connectivity index (χ4n) is 3.84. The smallest absolute Gasteiger partial charge is 0.252 e. The van der Waals surface area contributed by atoms with Crippen molar-refractivity contribution in [3.63, 3.8) is 0 Å². The average Bonchev–Trinajstić information content (AvgIpc) is 3.01. The molecule has 2 heterocycles. The van der Waals surface area contributed by atoms with Crippen LogP contribution in [0.15, 0.2) is 47.4 Å². The molecule has 5 nitrogen and oxygen atoms in total. The number of aryl methyl sites for hydroxylation is 1. The van der Waals surface area contributed by atoms with Crippen molar-refractivity contribution in [3.8, 4) is 0 Å². The molecule has 0 saturated carbocycles. The first kappa shape index (κ1) is 18.1. The van der Waals surface area contributed by atoms with Gasteiger partial charge in [0.05, 0.1) is 10.4 Å². The van der Waals surface area contributed by atoms with Gasteiger partial charge in [-0.1, -0.05) is 18.2 Å². The van der Waals surface area contributed by atoms with Gasteiger partial charge in [0.15, 0.2) is 11.6 Å². The largest absolute Gasteiger partial charge is 0.345 e. The Morgan fingerprint density at radius 1 is 1.04 bits per heavy atom. The van der Waals surface area contributed by atoms with E-state index in [1.54, 1.807) is 12.1 Å². The van der Waals surface area contributed by atoms with Crippen LogP contribution in [0.5, 0.6) is 0 Å². The van der Waals surface area contributed by atoms with Crippen LogP contribution in [0.25, 0.3) is 0 Å². The molecule has 0 aromatic heterocycles. The van der Waals surface area contributed by atoms with Crippen molar-refractivity contribution in [1.82, 2.24) is 9.62 Å². The van der Waals surface area contributed by atoms with Gasteiger partial charge in [0.1, 0.15) is 0 Å². The molecule has 142 valence electrons. The van der Waals surface area contributed by atoms with Gasteiger partial charge in [-0.3, -0.25) is 4.79 Å². The summed E-state index contributed by atoms with van der Waals surface area (Å²) in [6.45, 7) is 0.312. The number of hydrogen-bond donors (Lipinski definition) is 1. The quantitative estimate of drug-likeness (QED) is 0.854. The number of halogens is 2. The lowest BCUT2D eigenvalue weighted by atomic mass is 9.92. The SMILES string of the molecule is O=C1NC2(CCc3ccccc31)CCN(S(=O)(=O)c1ccc(F)c(F)c1)C2. The van der Waals surface area contributed by atoms with Gasteiger partial charge in [-0.2, -0.15) is 4.31 Å². The number of benzene rings is 2. The van der Waals surface area contributed by atoms with Crippen molar-refractivity contribution < 1.29 is 22.0 Å². The van der Waals surface area contributed by atoms with Crippen LogP contribution in [0.4, 0.5) is 8.78 Å². The molecule has 2 aliphatic heterocycles. The second-order valence-electron chi connectivity index (χ2n) is 7.06. The molecule has 1 spiro atoms. The highest BCUT2D eigenvalue weighted by molar-refractivity contribution is 7.89. The van der Waals surface area contributed by atoms with Gasteiger partial charge in [0.2, 0.25) is 10.0 Å². The van der Waals surface area contributed by atoms with Gasteiger partial charge >= 0.3 is 0 Å². The molecule has 27 heavy (non-hydrogen) atoms. The predicted molar refractivity (Wildman–Crippen MR) is 94.7 cm³/mol. The minimum Gasteiger partial charge on any atom is -0.345 e. The summed E-state index contributed by atoms with van der Waals surface area (Å²) >= 11 is 0. The molecule has 1 fully saturated rings. The molecule has 1 saturated heterocycles. The molecular formula is C19H18F2N2O3S. The van der Waals surface area contributed by atoms with E-state index >= 15 is 0 Å². The summed E-state index contributed by atoms with van der Waals surface area (Å²) in [7, 11) is -3.97. The number of sulfonamides is 1. The number of carbonyl (C=O) groups is 1. The third-order valence-corrected chi connectivity index (χ3v) is 7.20. The van der Waals surface area contributed by atoms with Crippen molar-refractivity contribution in [2.75, 3.05) is 13.1 Å². The van der Waals surface area contributed by atoms with E-state index in [9.17, 15) is 22.0 Å². The first-order valence-electron chi connectivity index (χ1n) is 8.66. The molecule has 0 bridgehead atoms. The van der Waals surface area contributed by atoms with Crippen molar-refractivity contribution >= 4 is 15.9 Å². The van der Waals surface area contributed by atoms with Crippen molar-refractivity contribution in [1.29, 1.82) is 0 Å². The van der Waals surface area contributed by atoms with Crippen LogP contribution in [-0.4, -0.2) is 37.3 Å². The Morgan fingerprint density at radius 2 is 1.81 bits per heavy atom. The summed E-state index contributed by atoms with van der Waals surface area (Å²) in [6, 6.07) is 9.88. The van der Waals surface area contributed by atoms with Crippen LogP contribution < -0.4 is 5.32 Å². The molecule has 0 radical (unpaired) electrons. The fourth-order valence-corrected chi connectivity index (χ4v) is 5.38. The zero-order valence-electron chi connectivity index (χ0n) is 14.4. The Bertz CT molecular complexity index is 1030. The van der Waals surface area contributed by atoms with Crippen LogP contribution in [0.1, 0.15) is 28.8 Å². The number of nitrogens with one attached hydrogen (secondary N) is 1. The predicted octanol–water partition coefficient (Wildman–Crippen LogP) is 2.47. The Morgan fingerprint density at radius 3 is 2.59 bits per heavy atom. The molecule has 4 rings (SSSR count). The normalized spacial score (nSPS) is 23.1. The molecular weight excluding hydrogens is 374 g/mol. The maximum atomic E-state index is 13.5. The Kier molecular flexibility index (Phi) is 4.27. The number of nitrogens with zero attached hydrogens (tertiary/aromatic N) is 1. The lowest BCUT2D eigenvalue weighted by molar-refractivity contribution is 0.0906. The highest BCUT2D eigenvalue weighted by Gasteiger charge is 2.45. The second kappa shape index (κ2) is 6.38. The van der Waals surface area contributed by atoms with Crippen molar-refractivity contribution in [3.05, 3.63) is 65.2 Å². The van der Waals surface area contributed by atoms with E-state index in [1.165, 1.54) is 4.31 Å². The summed E-state index contributed by atoms with van der Waals surface area (Å²) in [5.74, 6) is -2.51. The van der Waals surface area contributed by atoms with E-state index in [0.717, 1.165) is 17.7 Å². The summed E-state index contributed by atoms with van der Waals surface area (Å²) < 4.78 is 53.5. The monoisotopic (exact) mass is 392 g/mol. The van der Waals surface area contributed by atoms with E-state index < -0.39 is 27.2 Å². The van der Waals surface area contributed by atoms with Crippen LogP contribution >= 0.6 is 0 Å². The highest BCUT2D eigenvalue weighted by atomic mass is 32.2. The van der Waals surface area contributed by atoms with Gasteiger partial charge in [-0.05, 0) is 49.1 Å². The van der Waals surface area contributed by atoms with Crippen molar-refractivity contribution in [2.24, 2.45) is 0 Å². The van der Waals surface area contributed by atoms with Crippen LogP contribution in [-0.2, 0) is 16.4 Å². The van der Waals surface area contributed by atoms with Crippen LogP contribution in [0.3, 0.4) is 0 Å². The number of hydrogen-bond acceptors (Lipinski definition) is 3. The minimum atomic E-state index is -3.97. The lowest BCUT2D eigenvalue weighted by Crippen LogP contribution is -2.50. The zero-order chi connectivity index (χ0) is 19.2. The van der Waals surface area contributed by atoms with Crippen molar-refractivity contribution in [2.45, 2.75) is 29.7 Å². The first-order valence-corrected chi connectivity index (χ1v) is 10.1. The van der Waals surface area contributed by atoms with Crippen LogP contribution in [0, 0.1) is 11.6 Å². The average molecular weight is 392 g/mol. The molecule has 2 aromatic carbocycles. The molecule has 1 amide bonds. The molecule has 1 atom stereocenters. The van der Waals surface area contributed by atoms with E-state index in [4.69, 9.17) is 0 Å². The fraction of sp³-hybridized carbons (Fsp3) is 0.316. The van der Waals surface area contributed by atoms with Gasteiger partial charge in [-0.15, -0.1) is 0 Å². The Labute approximate surface area is 156 Å². The second-order valence-corrected chi connectivity index (χ2v) is 8.99. The summed E-state index contributed by atoms with van der Waals surface area (Å²) in [5, 5.41) is 3.01. The van der Waals surface area contributed by atoms with Gasteiger partial charge in [0, 0.05) is 18.7 Å². The maximum Gasteiger partial charge on any atom is 0.252 e. The van der Waals surface area contributed by atoms with E-state index in [1.807, 2.05) is 12.1 Å². The van der Waals surface area contributed by atoms with Crippen LogP contribution in [0.2, 0.25) is 0 Å². The van der Waals surface area contributed by atoms with E-state index in [0.29, 0.717) is 30.9 Å². The topological polar surface area (TPSA) is 66.5 Å². The first-order chi connectivity index (χ1) is 12.8. The summed E-state index contributed by atoms with van der Waals surface area (Å²) in [4.78, 5) is 12.3. The van der Waals surface area contributed by atoms with Gasteiger partial charge in [-0.25, -0.2) is 17.2 Å². The minimum absolute atomic E-state index is 0.105.